The van der Waals surface area contributed by atoms with E-state index in [4.69, 9.17) is 21.8 Å². The van der Waals surface area contributed by atoms with Gasteiger partial charge in [0, 0.05) is 11.2 Å². The van der Waals surface area contributed by atoms with Crippen molar-refractivity contribution >= 4 is 17.8 Å². The van der Waals surface area contributed by atoms with E-state index in [9.17, 15) is 15.3 Å². The second kappa shape index (κ2) is 8.31. The number of hydrogen-bond donors (Lipinski definition) is 5. The SMILES string of the molecule is OC[C@@H](O)[C@@H](O)[C@H](O)[C@@H](O)CN=Cc1ccc(Cl)cc1. The van der Waals surface area contributed by atoms with Gasteiger partial charge in [-0.25, -0.2) is 0 Å². The highest BCUT2D eigenvalue weighted by atomic mass is 35.5. The highest BCUT2D eigenvalue weighted by molar-refractivity contribution is 6.30. The van der Waals surface area contributed by atoms with Crippen molar-refractivity contribution in [2.75, 3.05) is 13.2 Å². The zero-order valence-electron chi connectivity index (χ0n) is 10.7. The lowest BCUT2D eigenvalue weighted by molar-refractivity contribution is -0.112. The van der Waals surface area contributed by atoms with Crippen molar-refractivity contribution in [1.82, 2.24) is 0 Å². The van der Waals surface area contributed by atoms with Crippen LogP contribution in [0, 0.1) is 0 Å². The molecule has 1 aromatic carbocycles. The maximum atomic E-state index is 9.62. The van der Waals surface area contributed by atoms with Gasteiger partial charge in [0.25, 0.3) is 0 Å². The second-order valence-corrected chi connectivity index (χ2v) is 4.78. The zero-order chi connectivity index (χ0) is 15.1. The maximum absolute atomic E-state index is 9.62. The largest absolute Gasteiger partial charge is 0.394 e. The third kappa shape index (κ3) is 5.16. The molecule has 20 heavy (non-hydrogen) atoms. The lowest BCUT2D eigenvalue weighted by Gasteiger charge is -2.24. The minimum absolute atomic E-state index is 0.154. The van der Waals surface area contributed by atoms with Gasteiger partial charge in [0.2, 0.25) is 0 Å². The van der Waals surface area contributed by atoms with Crippen LogP contribution in [0.2, 0.25) is 5.02 Å². The Kier molecular flexibility index (Phi) is 7.08. The summed E-state index contributed by atoms with van der Waals surface area (Å²) in [6.07, 6.45) is -4.61. The summed E-state index contributed by atoms with van der Waals surface area (Å²) < 4.78 is 0. The van der Waals surface area contributed by atoms with Crippen LogP contribution >= 0.6 is 11.6 Å². The Morgan fingerprint density at radius 3 is 2.10 bits per heavy atom. The first-order valence-corrected chi connectivity index (χ1v) is 6.42. The van der Waals surface area contributed by atoms with Crippen LogP contribution < -0.4 is 0 Å². The summed E-state index contributed by atoms with van der Waals surface area (Å²) in [5.74, 6) is 0. The van der Waals surface area contributed by atoms with Gasteiger partial charge in [-0.2, -0.15) is 0 Å². The average molecular weight is 304 g/mol. The van der Waals surface area contributed by atoms with Crippen LogP contribution in [0.15, 0.2) is 29.3 Å². The average Bonchev–Trinajstić information content (AvgIpc) is 2.46. The summed E-state index contributed by atoms with van der Waals surface area (Å²) >= 11 is 5.73. The summed E-state index contributed by atoms with van der Waals surface area (Å²) in [6, 6.07) is 6.85. The summed E-state index contributed by atoms with van der Waals surface area (Å²) in [7, 11) is 0. The molecular formula is C13H18ClNO5. The van der Waals surface area contributed by atoms with E-state index in [1.807, 2.05) is 0 Å². The molecule has 0 radical (unpaired) electrons. The van der Waals surface area contributed by atoms with Crippen LogP contribution in [0.3, 0.4) is 0 Å². The fraction of sp³-hybridized carbons (Fsp3) is 0.462. The molecule has 0 aliphatic rings. The lowest BCUT2D eigenvalue weighted by atomic mass is 10.0. The topological polar surface area (TPSA) is 114 Å². The summed E-state index contributed by atoms with van der Waals surface area (Å²) in [5, 5.41) is 47.0. The molecule has 0 saturated carbocycles. The van der Waals surface area contributed by atoms with E-state index in [2.05, 4.69) is 4.99 Å². The van der Waals surface area contributed by atoms with Gasteiger partial charge in [0.1, 0.15) is 24.4 Å². The van der Waals surface area contributed by atoms with E-state index >= 15 is 0 Å². The molecule has 1 rings (SSSR count). The fourth-order valence-electron chi connectivity index (χ4n) is 1.49. The molecule has 0 aromatic heterocycles. The van der Waals surface area contributed by atoms with Crippen molar-refractivity contribution in [1.29, 1.82) is 0 Å². The number of aliphatic hydroxyl groups excluding tert-OH is 5. The number of benzene rings is 1. The Morgan fingerprint density at radius 1 is 1.00 bits per heavy atom. The molecule has 1 aromatic rings. The molecule has 0 amide bonds. The molecule has 0 unspecified atom stereocenters. The van der Waals surface area contributed by atoms with Crippen molar-refractivity contribution in [2.45, 2.75) is 24.4 Å². The highest BCUT2D eigenvalue weighted by Crippen LogP contribution is 2.08. The van der Waals surface area contributed by atoms with E-state index < -0.39 is 31.0 Å². The van der Waals surface area contributed by atoms with Crippen LogP contribution in [0.5, 0.6) is 0 Å². The monoisotopic (exact) mass is 303 g/mol. The second-order valence-electron chi connectivity index (χ2n) is 4.34. The molecule has 0 bridgehead atoms. The molecule has 7 heteroatoms. The van der Waals surface area contributed by atoms with Crippen LogP contribution in [-0.4, -0.2) is 69.3 Å². The van der Waals surface area contributed by atoms with Crippen LogP contribution in [0.1, 0.15) is 5.56 Å². The Morgan fingerprint density at radius 2 is 1.55 bits per heavy atom. The van der Waals surface area contributed by atoms with Crippen molar-refractivity contribution in [2.24, 2.45) is 4.99 Å². The number of nitrogens with zero attached hydrogens (tertiary/aromatic N) is 1. The van der Waals surface area contributed by atoms with E-state index in [-0.39, 0.29) is 6.54 Å². The van der Waals surface area contributed by atoms with E-state index in [0.717, 1.165) is 5.56 Å². The van der Waals surface area contributed by atoms with Crippen molar-refractivity contribution in [3.05, 3.63) is 34.9 Å². The number of hydrogen-bond acceptors (Lipinski definition) is 6. The lowest BCUT2D eigenvalue weighted by Crippen LogP contribution is -2.46. The quantitative estimate of drug-likeness (QED) is 0.423. The van der Waals surface area contributed by atoms with Gasteiger partial charge in [-0.15, -0.1) is 0 Å². The third-order valence-electron chi connectivity index (χ3n) is 2.73. The van der Waals surface area contributed by atoms with Gasteiger partial charge in [0.05, 0.1) is 13.2 Å². The van der Waals surface area contributed by atoms with E-state index in [1.165, 1.54) is 6.21 Å². The molecule has 0 saturated heterocycles. The summed E-state index contributed by atoms with van der Waals surface area (Å²) in [5.41, 5.74) is 0.770. The molecular weight excluding hydrogens is 286 g/mol. The van der Waals surface area contributed by atoms with Gasteiger partial charge < -0.3 is 25.5 Å². The molecule has 0 fully saturated rings. The van der Waals surface area contributed by atoms with Crippen LogP contribution in [0.25, 0.3) is 0 Å². The van der Waals surface area contributed by atoms with E-state index in [0.29, 0.717) is 5.02 Å². The predicted molar refractivity (Wildman–Crippen MR) is 75.0 cm³/mol. The first-order chi connectivity index (χ1) is 9.45. The highest BCUT2D eigenvalue weighted by Gasteiger charge is 2.29. The molecule has 6 nitrogen and oxygen atoms in total. The Hall–Kier alpha value is -1.02. The maximum Gasteiger partial charge on any atom is 0.111 e. The fourth-order valence-corrected chi connectivity index (χ4v) is 1.61. The molecule has 112 valence electrons. The Labute approximate surface area is 121 Å². The zero-order valence-corrected chi connectivity index (χ0v) is 11.4. The first-order valence-electron chi connectivity index (χ1n) is 6.04. The molecule has 4 atom stereocenters. The minimum Gasteiger partial charge on any atom is -0.394 e. The molecule has 0 spiro atoms. The van der Waals surface area contributed by atoms with Gasteiger partial charge in [-0.05, 0) is 17.7 Å². The van der Waals surface area contributed by atoms with E-state index in [1.54, 1.807) is 24.3 Å². The van der Waals surface area contributed by atoms with Gasteiger partial charge in [-0.1, -0.05) is 23.7 Å². The Balaban J connectivity index is 2.49. The summed E-state index contributed by atoms with van der Waals surface area (Å²) in [4.78, 5) is 3.93. The molecule has 5 N–H and O–H groups in total. The number of halogens is 1. The van der Waals surface area contributed by atoms with Gasteiger partial charge >= 0.3 is 0 Å². The van der Waals surface area contributed by atoms with Crippen LogP contribution in [0.4, 0.5) is 0 Å². The minimum atomic E-state index is -1.64. The molecule has 0 aliphatic heterocycles. The van der Waals surface area contributed by atoms with Crippen molar-refractivity contribution < 1.29 is 25.5 Å². The number of rotatable bonds is 7. The van der Waals surface area contributed by atoms with Gasteiger partial charge in [-0.3, -0.25) is 4.99 Å². The number of aliphatic hydroxyl groups is 5. The van der Waals surface area contributed by atoms with Crippen molar-refractivity contribution in [3.63, 3.8) is 0 Å². The molecule has 0 heterocycles. The van der Waals surface area contributed by atoms with Crippen molar-refractivity contribution in [3.8, 4) is 0 Å². The smallest absolute Gasteiger partial charge is 0.111 e. The third-order valence-corrected chi connectivity index (χ3v) is 2.98. The predicted octanol–water partition coefficient (Wildman–Crippen LogP) is -0.805. The summed E-state index contributed by atoms with van der Waals surface area (Å²) in [6.45, 7) is -0.863. The number of aliphatic imine (C=N–C) groups is 1. The normalized spacial score (nSPS) is 17.9. The van der Waals surface area contributed by atoms with Gasteiger partial charge in [0.15, 0.2) is 0 Å². The standard InChI is InChI=1S/C13H18ClNO5/c14-9-3-1-8(2-4-9)5-15-6-10(17)12(19)13(20)11(18)7-16/h1-5,10-13,16-20H,6-7H2/t10-,11+,12+,13+/m0/s1. The Bertz CT molecular complexity index is 425. The first kappa shape index (κ1) is 17.0. The molecule has 0 aliphatic carbocycles. The van der Waals surface area contributed by atoms with Crippen LogP contribution in [-0.2, 0) is 0 Å².